The van der Waals surface area contributed by atoms with Crippen LogP contribution < -0.4 is 0 Å². The zero-order valence-corrected chi connectivity index (χ0v) is 13.4. The molecule has 0 saturated heterocycles. The number of hydrogen-bond acceptors (Lipinski definition) is 5. The highest BCUT2D eigenvalue weighted by molar-refractivity contribution is 7.90. The Balaban J connectivity index is 2.09. The van der Waals surface area contributed by atoms with E-state index in [1.165, 1.54) is 5.56 Å². The van der Waals surface area contributed by atoms with E-state index in [4.69, 9.17) is 4.55 Å². The third-order valence-corrected chi connectivity index (χ3v) is 5.86. The molecule has 122 valence electrons. The van der Waals surface area contributed by atoms with Crippen LogP contribution in [0.5, 0.6) is 0 Å². The van der Waals surface area contributed by atoms with Crippen LogP contribution >= 0.6 is 0 Å². The zero-order chi connectivity index (χ0) is 16.4. The van der Waals surface area contributed by atoms with Crippen LogP contribution in [0.25, 0.3) is 0 Å². The molecule has 1 aliphatic heterocycles. The number of hydrogen-bond donors (Lipinski definition) is 1. The largest absolute Gasteiger partial charge is 0.748 e. The van der Waals surface area contributed by atoms with Crippen molar-refractivity contribution in [2.45, 2.75) is 18.1 Å². The first-order valence-corrected chi connectivity index (χ1v) is 9.80. The molecule has 1 N–H and O–H groups in total. The van der Waals surface area contributed by atoms with Crippen LogP contribution in [0, 0.1) is 0 Å². The van der Waals surface area contributed by atoms with Crippen molar-refractivity contribution in [3.8, 4) is 0 Å². The van der Waals surface area contributed by atoms with Gasteiger partial charge in [0, 0.05) is 18.4 Å². The topological polar surface area (TPSA) is 115 Å². The van der Waals surface area contributed by atoms with Gasteiger partial charge in [0.2, 0.25) is 0 Å². The maximum absolute atomic E-state index is 11.2. The molecule has 0 fully saturated rings. The number of benzene rings is 1. The second-order valence-electron chi connectivity index (χ2n) is 5.26. The first kappa shape index (κ1) is 17.1. The highest BCUT2D eigenvalue weighted by Crippen LogP contribution is 2.13. The zero-order valence-electron chi connectivity index (χ0n) is 11.8. The lowest BCUT2D eigenvalue weighted by Crippen LogP contribution is -2.33. The number of fused-ring (bicyclic) bond motifs is 1. The molecule has 9 heteroatoms. The second-order valence-corrected chi connectivity index (χ2v) is 8.41. The van der Waals surface area contributed by atoms with E-state index in [0.29, 0.717) is 6.54 Å². The van der Waals surface area contributed by atoms with E-state index < -0.39 is 31.2 Å². The summed E-state index contributed by atoms with van der Waals surface area (Å²) in [6.45, 7) is 0.910. The van der Waals surface area contributed by atoms with Crippen LogP contribution in [0.4, 0.5) is 0 Å². The molecule has 1 atom stereocenters. The van der Waals surface area contributed by atoms with Crippen molar-refractivity contribution in [1.29, 1.82) is 0 Å². The van der Waals surface area contributed by atoms with E-state index in [1.807, 2.05) is 35.1 Å². The van der Waals surface area contributed by atoms with E-state index in [1.54, 1.807) is 0 Å². The summed E-state index contributed by atoms with van der Waals surface area (Å²) in [5.74, 6) is -1.11. The van der Waals surface area contributed by atoms with Crippen molar-refractivity contribution in [1.82, 2.24) is 0 Å². The minimum absolute atomic E-state index is 0.126. The van der Waals surface area contributed by atoms with Gasteiger partial charge >= 0.3 is 0 Å². The molecule has 0 aliphatic carbocycles. The first-order valence-electron chi connectivity index (χ1n) is 6.72. The Morgan fingerprint density at radius 1 is 1.23 bits per heavy atom. The predicted octanol–water partition coefficient (Wildman–Crippen LogP) is -0.134. The Labute approximate surface area is 129 Å². The van der Waals surface area contributed by atoms with Gasteiger partial charge in [-0.3, -0.25) is 4.55 Å². The smallest absolute Gasteiger partial charge is 0.268 e. The molecule has 0 radical (unpaired) electrons. The lowest BCUT2D eigenvalue weighted by Gasteiger charge is -2.17. The summed E-state index contributed by atoms with van der Waals surface area (Å²) in [4.78, 5) is 0. The average Bonchev–Trinajstić information content (AvgIpc) is 2.41. The molecule has 7 nitrogen and oxygen atoms in total. The predicted molar refractivity (Wildman–Crippen MR) is 79.8 cm³/mol. The van der Waals surface area contributed by atoms with Gasteiger partial charge in [-0.05, 0) is 11.6 Å². The molecule has 1 heterocycles. The SMILES string of the molecule is O=S(=O)([O-])CC(CC[N+]1=Cc2ccccc2CC1)S(=O)(=O)O. The van der Waals surface area contributed by atoms with Gasteiger partial charge < -0.3 is 4.55 Å². The van der Waals surface area contributed by atoms with Crippen molar-refractivity contribution in [2.24, 2.45) is 0 Å². The maximum Gasteiger partial charge on any atom is 0.268 e. The molecule has 0 saturated carbocycles. The summed E-state index contributed by atoms with van der Waals surface area (Å²) in [5.41, 5.74) is 2.21. The molecule has 22 heavy (non-hydrogen) atoms. The highest BCUT2D eigenvalue weighted by atomic mass is 32.2. The van der Waals surface area contributed by atoms with Crippen LogP contribution in [-0.2, 0) is 26.7 Å². The van der Waals surface area contributed by atoms with Crippen LogP contribution in [0.3, 0.4) is 0 Å². The van der Waals surface area contributed by atoms with Crippen LogP contribution in [-0.4, -0.2) is 60.8 Å². The Hall–Kier alpha value is -1.29. The average molecular weight is 347 g/mol. The molecular weight excluding hydrogens is 330 g/mol. The van der Waals surface area contributed by atoms with Crippen LogP contribution in [0.2, 0.25) is 0 Å². The molecule has 0 bridgehead atoms. The Morgan fingerprint density at radius 2 is 1.91 bits per heavy atom. The van der Waals surface area contributed by atoms with Gasteiger partial charge in [0.05, 0.1) is 15.9 Å². The second kappa shape index (κ2) is 6.45. The van der Waals surface area contributed by atoms with Crippen molar-refractivity contribution in [3.05, 3.63) is 35.4 Å². The van der Waals surface area contributed by atoms with Gasteiger partial charge in [0.15, 0.2) is 6.21 Å². The fourth-order valence-corrected chi connectivity index (χ4v) is 4.66. The molecule has 1 aromatic rings. The van der Waals surface area contributed by atoms with Crippen molar-refractivity contribution >= 4 is 26.5 Å². The van der Waals surface area contributed by atoms with Crippen molar-refractivity contribution < 1.29 is 30.5 Å². The van der Waals surface area contributed by atoms with Gasteiger partial charge in [0.25, 0.3) is 10.1 Å². The summed E-state index contributed by atoms with van der Waals surface area (Å²) in [6, 6.07) is 7.78. The molecule has 0 amide bonds. The van der Waals surface area contributed by atoms with Gasteiger partial charge in [0.1, 0.15) is 18.3 Å². The van der Waals surface area contributed by atoms with E-state index in [9.17, 15) is 21.4 Å². The summed E-state index contributed by atoms with van der Waals surface area (Å²) in [5, 5.41) is -1.60. The Kier molecular flexibility index (Phi) is 5.00. The van der Waals surface area contributed by atoms with Crippen LogP contribution in [0.15, 0.2) is 24.3 Å². The lowest BCUT2D eigenvalue weighted by molar-refractivity contribution is -0.524. The fourth-order valence-electron chi connectivity index (χ4n) is 2.45. The summed E-state index contributed by atoms with van der Waals surface area (Å²) in [6.07, 6.45) is 2.54. The van der Waals surface area contributed by atoms with E-state index >= 15 is 0 Å². The van der Waals surface area contributed by atoms with E-state index in [-0.39, 0.29) is 13.0 Å². The third kappa shape index (κ3) is 4.87. The highest BCUT2D eigenvalue weighted by Gasteiger charge is 2.27. The number of rotatable bonds is 6. The molecule has 0 spiro atoms. The normalized spacial score (nSPS) is 16.7. The molecule has 2 rings (SSSR count). The minimum atomic E-state index is -4.73. The van der Waals surface area contributed by atoms with E-state index in [2.05, 4.69) is 0 Å². The molecule has 1 aromatic carbocycles. The monoisotopic (exact) mass is 347 g/mol. The van der Waals surface area contributed by atoms with Crippen LogP contribution in [0.1, 0.15) is 17.5 Å². The lowest BCUT2D eigenvalue weighted by atomic mass is 10.0. The molecule has 1 unspecified atom stereocenters. The fraction of sp³-hybridized carbons (Fsp3) is 0.462. The van der Waals surface area contributed by atoms with Crippen molar-refractivity contribution in [2.75, 3.05) is 18.8 Å². The quantitative estimate of drug-likeness (QED) is 0.566. The van der Waals surface area contributed by atoms with Gasteiger partial charge in [-0.25, -0.2) is 13.0 Å². The van der Waals surface area contributed by atoms with Gasteiger partial charge in [-0.2, -0.15) is 8.42 Å². The van der Waals surface area contributed by atoms with E-state index in [0.717, 1.165) is 12.0 Å². The first-order chi connectivity index (χ1) is 10.1. The third-order valence-electron chi connectivity index (χ3n) is 3.59. The summed E-state index contributed by atoms with van der Waals surface area (Å²) in [7, 11) is -9.31. The van der Waals surface area contributed by atoms with Gasteiger partial charge in [-0.1, -0.05) is 18.2 Å². The molecule has 1 aliphatic rings. The standard InChI is InChI=1S/C13H17NO6S2/c15-21(16,17)10-13(22(18,19)20)6-8-14-7-5-11-3-1-2-4-12(11)9-14/h1-4,9,13H,5-8,10H2,(H-,15,16,17,18,19,20). The molecular formula is C13H17NO6S2. The Morgan fingerprint density at radius 3 is 2.55 bits per heavy atom. The summed E-state index contributed by atoms with van der Waals surface area (Å²) >= 11 is 0. The minimum Gasteiger partial charge on any atom is -0.748 e. The summed E-state index contributed by atoms with van der Waals surface area (Å²) < 4.78 is 65.6. The maximum atomic E-state index is 11.2. The Bertz CT molecular complexity index is 783. The number of nitrogens with zero attached hydrogens (tertiary/aromatic N) is 1. The van der Waals surface area contributed by atoms with Gasteiger partial charge in [-0.15, -0.1) is 0 Å². The molecule has 0 aromatic heterocycles. The van der Waals surface area contributed by atoms with Crippen molar-refractivity contribution in [3.63, 3.8) is 0 Å².